The maximum atomic E-state index is 13.5. The van der Waals surface area contributed by atoms with Gasteiger partial charge in [0.05, 0.1) is 31.1 Å². The van der Waals surface area contributed by atoms with Gasteiger partial charge in [0, 0.05) is 53.8 Å². The van der Waals surface area contributed by atoms with Crippen molar-refractivity contribution >= 4 is 34.4 Å². The molecule has 0 unspecified atom stereocenters. The Morgan fingerprint density at radius 1 is 1.08 bits per heavy atom. The van der Waals surface area contributed by atoms with Crippen LogP contribution in [0.25, 0.3) is 16.5 Å². The normalized spacial score (nSPS) is 16.8. The summed E-state index contributed by atoms with van der Waals surface area (Å²) in [7, 11) is 0. The van der Waals surface area contributed by atoms with Gasteiger partial charge < -0.3 is 29.0 Å². The van der Waals surface area contributed by atoms with E-state index in [0.717, 1.165) is 10.9 Å². The molecular formula is C29H30FN3O6. The predicted octanol–water partition coefficient (Wildman–Crippen LogP) is 4.48. The van der Waals surface area contributed by atoms with Crippen molar-refractivity contribution in [1.29, 1.82) is 0 Å². The van der Waals surface area contributed by atoms with E-state index >= 15 is 0 Å². The molecule has 10 heteroatoms. The van der Waals surface area contributed by atoms with E-state index in [1.165, 1.54) is 35.4 Å². The van der Waals surface area contributed by atoms with Gasteiger partial charge in [-0.05, 0) is 48.9 Å². The first-order chi connectivity index (χ1) is 18.7. The van der Waals surface area contributed by atoms with Gasteiger partial charge in [-0.15, -0.1) is 0 Å². The number of carbonyl (C=O) groups is 3. The third-order valence-corrected chi connectivity index (χ3v) is 6.89. The molecule has 0 spiro atoms. The number of morpholine rings is 1. The zero-order valence-electron chi connectivity index (χ0n) is 22.1. The lowest BCUT2D eigenvalue weighted by atomic mass is 9.81. The second-order valence-corrected chi connectivity index (χ2v) is 10.1. The third kappa shape index (κ3) is 5.24. The molecule has 1 fully saturated rings. The highest BCUT2D eigenvalue weighted by Gasteiger charge is 2.37. The summed E-state index contributed by atoms with van der Waals surface area (Å²) in [5, 5.41) is 0.826. The molecule has 0 bridgehead atoms. The number of nitrogens with one attached hydrogen (secondary N) is 1. The first-order valence-electron chi connectivity index (χ1n) is 12.8. The number of hydrogen-bond donors (Lipinski definition) is 1. The molecule has 2 aromatic carbocycles. The number of aromatic amines is 1. The minimum Gasteiger partial charge on any atom is -0.462 e. The van der Waals surface area contributed by atoms with Crippen molar-refractivity contribution < 1.29 is 33.0 Å². The van der Waals surface area contributed by atoms with Gasteiger partial charge in [-0.3, -0.25) is 4.79 Å². The van der Waals surface area contributed by atoms with Gasteiger partial charge in [0.1, 0.15) is 11.6 Å². The Labute approximate surface area is 225 Å². The molecule has 1 saturated heterocycles. The second-order valence-electron chi connectivity index (χ2n) is 10.1. The fourth-order valence-corrected chi connectivity index (χ4v) is 5.08. The van der Waals surface area contributed by atoms with E-state index < -0.39 is 23.3 Å². The van der Waals surface area contributed by atoms with Crippen LogP contribution in [0.2, 0.25) is 0 Å². The Hall–Kier alpha value is -4.18. The molecule has 2 amide bonds. The minimum absolute atomic E-state index is 0.155. The van der Waals surface area contributed by atoms with Crippen LogP contribution >= 0.6 is 0 Å². The molecule has 39 heavy (non-hydrogen) atoms. The van der Waals surface area contributed by atoms with Gasteiger partial charge in [-0.1, -0.05) is 13.8 Å². The predicted molar refractivity (Wildman–Crippen MR) is 142 cm³/mol. The molecule has 0 aliphatic carbocycles. The summed E-state index contributed by atoms with van der Waals surface area (Å²) in [6, 6.07) is 10.6. The summed E-state index contributed by atoms with van der Waals surface area (Å²) < 4.78 is 29.7. The maximum Gasteiger partial charge on any atom is 0.415 e. The third-order valence-electron chi connectivity index (χ3n) is 6.89. The Morgan fingerprint density at radius 2 is 1.79 bits per heavy atom. The average molecular weight is 536 g/mol. The molecular weight excluding hydrogens is 505 g/mol. The molecule has 2 aliphatic heterocycles. The molecule has 0 atom stereocenters. The van der Waals surface area contributed by atoms with Crippen molar-refractivity contribution in [2.75, 3.05) is 39.5 Å². The number of hydrogen-bond acceptors (Lipinski definition) is 6. The van der Waals surface area contributed by atoms with Crippen molar-refractivity contribution in [3.05, 3.63) is 71.3 Å². The quantitative estimate of drug-likeness (QED) is 0.495. The lowest BCUT2D eigenvalue weighted by Crippen LogP contribution is -2.42. The number of carbonyl (C=O) groups excluding carboxylic acids is 3. The number of nitrogens with zero attached hydrogens (tertiary/aromatic N) is 2. The maximum absolute atomic E-state index is 13.5. The van der Waals surface area contributed by atoms with E-state index in [0.29, 0.717) is 48.8 Å². The Bertz CT molecular complexity index is 1450. The largest absolute Gasteiger partial charge is 0.462 e. The van der Waals surface area contributed by atoms with Crippen LogP contribution in [0, 0.1) is 5.82 Å². The van der Waals surface area contributed by atoms with Crippen LogP contribution in [-0.4, -0.2) is 72.2 Å². The molecule has 204 valence electrons. The molecule has 0 saturated carbocycles. The van der Waals surface area contributed by atoms with Crippen LogP contribution in [0.5, 0.6) is 5.75 Å². The minimum atomic E-state index is -0.611. The molecule has 1 aromatic heterocycles. The van der Waals surface area contributed by atoms with Gasteiger partial charge in [0.15, 0.2) is 0 Å². The molecule has 5 rings (SSSR count). The van der Waals surface area contributed by atoms with Crippen LogP contribution in [0.1, 0.15) is 42.4 Å². The molecule has 2 aliphatic rings. The van der Waals surface area contributed by atoms with Crippen molar-refractivity contribution in [3.8, 4) is 5.75 Å². The van der Waals surface area contributed by atoms with Gasteiger partial charge >= 0.3 is 12.1 Å². The lowest BCUT2D eigenvalue weighted by molar-refractivity contribution is -0.136. The Balaban J connectivity index is 1.55. The van der Waals surface area contributed by atoms with Crippen LogP contribution < -0.4 is 4.74 Å². The van der Waals surface area contributed by atoms with E-state index in [1.807, 2.05) is 19.9 Å². The molecule has 1 N–H and O–H groups in total. The molecule has 9 nitrogen and oxygen atoms in total. The molecule has 0 radical (unpaired) electrons. The first-order valence-corrected chi connectivity index (χ1v) is 12.8. The zero-order valence-corrected chi connectivity index (χ0v) is 22.1. The number of aromatic nitrogens is 1. The number of ether oxygens (including phenoxy) is 3. The average Bonchev–Trinajstić information content (AvgIpc) is 3.25. The number of esters is 1. The fourth-order valence-electron chi connectivity index (χ4n) is 5.08. The van der Waals surface area contributed by atoms with Crippen LogP contribution in [0.4, 0.5) is 9.18 Å². The van der Waals surface area contributed by atoms with E-state index in [9.17, 15) is 18.8 Å². The van der Waals surface area contributed by atoms with Gasteiger partial charge in [0.2, 0.25) is 0 Å². The highest BCUT2D eigenvalue weighted by molar-refractivity contribution is 6.18. The van der Waals surface area contributed by atoms with Crippen molar-refractivity contribution in [3.63, 3.8) is 0 Å². The van der Waals surface area contributed by atoms with Crippen molar-refractivity contribution in [2.24, 2.45) is 0 Å². The second kappa shape index (κ2) is 10.5. The number of halogens is 1. The molecule has 3 aromatic rings. The Morgan fingerprint density at radius 3 is 2.49 bits per heavy atom. The number of benzene rings is 2. The van der Waals surface area contributed by atoms with Crippen molar-refractivity contribution in [2.45, 2.75) is 26.2 Å². The first kappa shape index (κ1) is 26.4. The lowest BCUT2D eigenvalue weighted by Gasteiger charge is -2.29. The topological polar surface area (TPSA) is 101 Å². The fraction of sp³-hybridized carbons (Fsp3) is 0.345. The zero-order chi connectivity index (χ0) is 27.7. The standard InChI is InChI=1S/C29H30FN3O6/c1-4-38-27(35)22-16-33(26(34)18-5-7-19(30)8-6-18)17-29(2,3)24-21-10-9-20(15-23(21)31-25(22)24)39-28(36)32-11-13-37-14-12-32/h5-10,15-16,31H,4,11-14,17H2,1-3H3. The van der Waals surface area contributed by atoms with Crippen LogP contribution in [-0.2, 0) is 19.7 Å². The number of rotatable bonds is 4. The van der Waals surface area contributed by atoms with Crippen LogP contribution in [0.3, 0.4) is 0 Å². The van der Waals surface area contributed by atoms with Gasteiger partial charge in [-0.2, -0.15) is 0 Å². The van der Waals surface area contributed by atoms with E-state index in [-0.39, 0.29) is 24.6 Å². The van der Waals surface area contributed by atoms with Crippen LogP contribution in [0.15, 0.2) is 48.7 Å². The summed E-state index contributed by atoms with van der Waals surface area (Å²) in [5.41, 5.74) is 1.91. The highest BCUT2D eigenvalue weighted by atomic mass is 19.1. The number of amides is 2. The van der Waals surface area contributed by atoms with Gasteiger partial charge in [0.25, 0.3) is 5.91 Å². The highest BCUT2D eigenvalue weighted by Crippen LogP contribution is 2.41. The molecule has 3 heterocycles. The summed E-state index contributed by atoms with van der Waals surface area (Å²) in [6.45, 7) is 7.95. The Kier molecular flexibility index (Phi) is 7.14. The smallest absolute Gasteiger partial charge is 0.415 e. The van der Waals surface area contributed by atoms with Gasteiger partial charge in [-0.25, -0.2) is 14.0 Å². The summed E-state index contributed by atoms with van der Waals surface area (Å²) in [5.74, 6) is -1.03. The monoisotopic (exact) mass is 535 g/mol. The summed E-state index contributed by atoms with van der Waals surface area (Å²) in [6.07, 6.45) is 1.04. The SMILES string of the molecule is CCOC(=O)C1=CN(C(=O)c2ccc(F)cc2)CC(C)(C)c2c1[nH]c1cc(OC(=O)N3CCOCC3)ccc21. The summed E-state index contributed by atoms with van der Waals surface area (Å²) >= 11 is 0. The van der Waals surface area contributed by atoms with E-state index in [4.69, 9.17) is 14.2 Å². The number of H-pyrrole nitrogens is 1. The van der Waals surface area contributed by atoms with E-state index in [2.05, 4.69) is 4.98 Å². The van der Waals surface area contributed by atoms with Crippen molar-refractivity contribution in [1.82, 2.24) is 14.8 Å². The summed E-state index contributed by atoms with van der Waals surface area (Å²) in [4.78, 5) is 45.6. The van der Waals surface area contributed by atoms with E-state index in [1.54, 1.807) is 24.0 Å². The number of fused-ring (bicyclic) bond motifs is 3.